The van der Waals surface area contributed by atoms with E-state index in [0.29, 0.717) is 24.7 Å². The highest BCUT2D eigenvalue weighted by atomic mass is 32.2. The molecule has 2 unspecified atom stereocenters. The Morgan fingerprint density at radius 2 is 2.26 bits per heavy atom. The van der Waals surface area contributed by atoms with E-state index >= 15 is 0 Å². The second-order valence-corrected chi connectivity index (χ2v) is 7.53. The fourth-order valence-corrected chi connectivity index (χ4v) is 4.51. The average Bonchev–Trinajstić information content (AvgIpc) is 2.89. The first-order chi connectivity index (χ1) is 9.06. The van der Waals surface area contributed by atoms with Crippen molar-refractivity contribution in [3.8, 4) is 11.5 Å². The van der Waals surface area contributed by atoms with Crippen LogP contribution in [0.3, 0.4) is 0 Å². The summed E-state index contributed by atoms with van der Waals surface area (Å²) in [5, 5.41) is 12.4. The Labute approximate surface area is 112 Å². The highest BCUT2D eigenvalue weighted by Crippen LogP contribution is 2.35. The Bertz CT molecular complexity index is 584. The number of benzene rings is 1. The first-order valence-electron chi connectivity index (χ1n) is 6.47. The van der Waals surface area contributed by atoms with E-state index in [0.717, 1.165) is 18.4 Å². The first kappa shape index (κ1) is 12.7. The van der Waals surface area contributed by atoms with Crippen LogP contribution < -0.4 is 10.1 Å². The van der Waals surface area contributed by atoms with Crippen molar-refractivity contribution in [2.75, 3.05) is 18.9 Å². The standard InChI is InChI=1S/C13H17NO4S/c15-9-3-4-11-12(8-18-13(11)6-9)14-7-10-2-1-5-19(10,16)17/h3-4,6,10,12,14-15H,1-2,5,7-8H2. The van der Waals surface area contributed by atoms with Gasteiger partial charge in [0.25, 0.3) is 0 Å². The van der Waals surface area contributed by atoms with Crippen molar-refractivity contribution in [1.29, 1.82) is 0 Å². The molecule has 2 aliphatic heterocycles. The Morgan fingerprint density at radius 3 is 3.00 bits per heavy atom. The van der Waals surface area contributed by atoms with E-state index in [1.54, 1.807) is 12.1 Å². The second kappa shape index (κ2) is 4.68. The van der Waals surface area contributed by atoms with Crippen LogP contribution in [0.1, 0.15) is 24.4 Å². The first-order valence-corrected chi connectivity index (χ1v) is 8.18. The Morgan fingerprint density at radius 1 is 1.42 bits per heavy atom. The number of ether oxygens (including phenoxy) is 1. The average molecular weight is 283 g/mol. The summed E-state index contributed by atoms with van der Waals surface area (Å²) in [6, 6.07) is 5.03. The molecule has 0 aromatic heterocycles. The molecular formula is C13H17NO4S. The minimum atomic E-state index is -2.91. The van der Waals surface area contributed by atoms with Gasteiger partial charge in [0.1, 0.15) is 18.1 Å². The normalized spacial score (nSPS) is 28.0. The summed E-state index contributed by atoms with van der Waals surface area (Å²) in [4.78, 5) is 0. The van der Waals surface area contributed by atoms with Crippen LogP contribution in [0.2, 0.25) is 0 Å². The molecule has 0 spiro atoms. The number of fused-ring (bicyclic) bond motifs is 1. The molecule has 0 amide bonds. The molecule has 1 aromatic carbocycles. The SMILES string of the molecule is O=S1(=O)CCCC1CNC1COc2cc(O)ccc21. The van der Waals surface area contributed by atoms with E-state index < -0.39 is 9.84 Å². The second-order valence-electron chi connectivity index (χ2n) is 5.13. The van der Waals surface area contributed by atoms with Crippen molar-refractivity contribution in [3.63, 3.8) is 0 Å². The summed E-state index contributed by atoms with van der Waals surface area (Å²) < 4.78 is 29.0. The Hall–Kier alpha value is -1.27. The highest BCUT2D eigenvalue weighted by molar-refractivity contribution is 7.92. The molecule has 1 aromatic rings. The number of hydrogen-bond donors (Lipinski definition) is 2. The summed E-state index contributed by atoms with van der Waals surface area (Å²) in [6.07, 6.45) is 1.51. The molecule has 1 saturated heterocycles. The minimum Gasteiger partial charge on any atom is -0.508 e. The van der Waals surface area contributed by atoms with Crippen LogP contribution in [-0.4, -0.2) is 37.7 Å². The molecule has 2 N–H and O–H groups in total. The number of rotatable bonds is 3. The monoisotopic (exact) mass is 283 g/mol. The quantitative estimate of drug-likeness (QED) is 0.865. The molecule has 2 aliphatic rings. The lowest BCUT2D eigenvalue weighted by atomic mass is 10.1. The molecule has 6 heteroatoms. The van der Waals surface area contributed by atoms with Gasteiger partial charge in [-0.15, -0.1) is 0 Å². The fourth-order valence-electron chi connectivity index (χ4n) is 2.73. The van der Waals surface area contributed by atoms with Crippen molar-refractivity contribution in [2.24, 2.45) is 0 Å². The van der Waals surface area contributed by atoms with Gasteiger partial charge in [-0.25, -0.2) is 8.42 Å². The Kier molecular flexibility index (Phi) is 3.14. The lowest BCUT2D eigenvalue weighted by Gasteiger charge is -2.15. The molecule has 0 aliphatic carbocycles. The van der Waals surface area contributed by atoms with Crippen LogP contribution in [0.15, 0.2) is 18.2 Å². The lowest BCUT2D eigenvalue weighted by Crippen LogP contribution is -2.33. The predicted molar refractivity (Wildman–Crippen MR) is 71.2 cm³/mol. The molecule has 0 radical (unpaired) electrons. The van der Waals surface area contributed by atoms with Crippen LogP contribution in [0.5, 0.6) is 11.5 Å². The number of phenolic OH excluding ortho intramolecular Hbond substituents is 1. The van der Waals surface area contributed by atoms with E-state index in [1.165, 1.54) is 0 Å². The molecule has 0 bridgehead atoms. The zero-order valence-corrected chi connectivity index (χ0v) is 11.3. The van der Waals surface area contributed by atoms with Gasteiger partial charge in [0.05, 0.1) is 17.0 Å². The predicted octanol–water partition coefficient (Wildman–Crippen LogP) is 0.992. The van der Waals surface area contributed by atoms with Crippen molar-refractivity contribution in [3.05, 3.63) is 23.8 Å². The van der Waals surface area contributed by atoms with E-state index in [-0.39, 0.29) is 17.0 Å². The third-order valence-corrected chi connectivity index (χ3v) is 6.11. The van der Waals surface area contributed by atoms with Gasteiger partial charge in [0.15, 0.2) is 9.84 Å². The summed E-state index contributed by atoms with van der Waals surface area (Å²) in [6.45, 7) is 0.947. The van der Waals surface area contributed by atoms with Crippen molar-refractivity contribution in [2.45, 2.75) is 24.1 Å². The van der Waals surface area contributed by atoms with Crippen molar-refractivity contribution < 1.29 is 18.3 Å². The van der Waals surface area contributed by atoms with Gasteiger partial charge in [-0.1, -0.05) is 0 Å². The van der Waals surface area contributed by atoms with Crippen LogP contribution in [-0.2, 0) is 9.84 Å². The third kappa shape index (κ3) is 2.42. The van der Waals surface area contributed by atoms with Gasteiger partial charge in [-0.2, -0.15) is 0 Å². The third-order valence-electron chi connectivity index (χ3n) is 3.83. The lowest BCUT2D eigenvalue weighted by molar-refractivity contribution is 0.310. The molecular weight excluding hydrogens is 266 g/mol. The van der Waals surface area contributed by atoms with Gasteiger partial charge in [0, 0.05) is 18.2 Å². The molecule has 104 valence electrons. The molecule has 5 nitrogen and oxygen atoms in total. The van der Waals surface area contributed by atoms with Crippen LogP contribution in [0, 0.1) is 0 Å². The molecule has 2 atom stereocenters. The number of aromatic hydroxyl groups is 1. The maximum absolute atomic E-state index is 11.8. The molecule has 0 saturated carbocycles. The molecule has 19 heavy (non-hydrogen) atoms. The minimum absolute atomic E-state index is 0.00593. The van der Waals surface area contributed by atoms with Crippen molar-refractivity contribution in [1.82, 2.24) is 5.32 Å². The van der Waals surface area contributed by atoms with Crippen LogP contribution in [0.4, 0.5) is 0 Å². The van der Waals surface area contributed by atoms with Crippen LogP contribution in [0.25, 0.3) is 0 Å². The number of nitrogens with one attached hydrogen (secondary N) is 1. The molecule has 1 fully saturated rings. The summed E-state index contributed by atoms with van der Waals surface area (Å²) in [5.74, 6) is 1.16. The van der Waals surface area contributed by atoms with E-state index in [1.807, 2.05) is 6.07 Å². The number of phenols is 1. The smallest absolute Gasteiger partial charge is 0.154 e. The topological polar surface area (TPSA) is 75.6 Å². The van der Waals surface area contributed by atoms with Crippen molar-refractivity contribution >= 4 is 9.84 Å². The summed E-state index contributed by atoms with van der Waals surface area (Å²) in [5.41, 5.74) is 0.980. The highest BCUT2D eigenvalue weighted by Gasteiger charge is 2.32. The number of hydrogen-bond acceptors (Lipinski definition) is 5. The van der Waals surface area contributed by atoms with Gasteiger partial charge in [0.2, 0.25) is 0 Å². The molecule has 3 rings (SSSR count). The van der Waals surface area contributed by atoms with E-state index in [9.17, 15) is 13.5 Å². The fraction of sp³-hybridized carbons (Fsp3) is 0.538. The van der Waals surface area contributed by atoms with Gasteiger partial charge in [-0.3, -0.25) is 0 Å². The summed E-state index contributed by atoms with van der Waals surface area (Å²) >= 11 is 0. The van der Waals surface area contributed by atoms with Gasteiger partial charge < -0.3 is 15.2 Å². The van der Waals surface area contributed by atoms with Crippen LogP contribution >= 0.6 is 0 Å². The Balaban J connectivity index is 1.67. The van der Waals surface area contributed by atoms with Gasteiger partial charge in [-0.05, 0) is 25.0 Å². The maximum Gasteiger partial charge on any atom is 0.154 e. The number of sulfone groups is 1. The summed E-state index contributed by atoms with van der Waals surface area (Å²) in [7, 11) is -2.91. The molecule has 2 heterocycles. The van der Waals surface area contributed by atoms with E-state index in [4.69, 9.17) is 4.74 Å². The van der Waals surface area contributed by atoms with Gasteiger partial charge >= 0.3 is 0 Å². The zero-order chi connectivity index (χ0) is 13.5. The van der Waals surface area contributed by atoms with E-state index in [2.05, 4.69) is 5.32 Å². The maximum atomic E-state index is 11.8. The zero-order valence-electron chi connectivity index (χ0n) is 10.5. The largest absolute Gasteiger partial charge is 0.508 e.